The summed E-state index contributed by atoms with van der Waals surface area (Å²) in [6, 6.07) is -0.921. The second-order valence-corrected chi connectivity index (χ2v) is 3.87. The van der Waals surface area contributed by atoms with Gasteiger partial charge in [0, 0.05) is 25.7 Å². The maximum Gasteiger partial charge on any atom is 0.312 e. The Morgan fingerprint density at radius 2 is 2.19 bits per heavy atom. The fourth-order valence-corrected chi connectivity index (χ4v) is 1.68. The maximum absolute atomic E-state index is 11.8. The highest BCUT2D eigenvalue weighted by atomic mass is 35.5. The number of hydrogen-bond acceptors (Lipinski definition) is 3. The van der Waals surface area contributed by atoms with Gasteiger partial charge < -0.3 is 21.3 Å². The molecule has 0 spiro atoms. The molecule has 7 heteroatoms. The van der Waals surface area contributed by atoms with Gasteiger partial charge in [-0.2, -0.15) is 0 Å². The number of urea groups is 1. The van der Waals surface area contributed by atoms with Gasteiger partial charge in [0.2, 0.25) is 5.91 Å². The minimum atomic E-state index is -0.668. The first-order valence-corrected chi connectivity index (χ1v) is 5.09. The van der Waals surface area contributed by atoms with Crippen molar-refractivity contribution in [1.82, 2.24) is 15.5 Å². The van der Waals surface area contributed by atoms with Gasteiger partial charge >= 0.3 is 6.03 Å². The van der Waals surface area contributed by atoms with Gasteiger partial charge in [0.05, 0.1) is 0 Å². The summed E-state index contributed by atoms with van der Waals surface area (Å²) in [5, 5.41) is 5.62. The molecule has 0 aromatic rings. The van der Waals surface area contributed by atoms with Crippen molar-refractivity contribution >= 4 is 24.3 Å². The van der Waals surface area contributed by atoms with E-state index in [9.17, 15) is 9.59 Å². The molecule has 16 heavy (non-hydrogen) atoms. The van der Waals surface area contributed by atoms with E-state index >= 15 is 0 Å². The third kappa shape index (κ3) is 4.24. The van der Waals surface area contributed by atoms with E-state index < -0.39 is 12.1 Å². The number of halogens is 1. The largest absolute Gasteiger partial charge is 0.352 e. The first-order chi connectivity index (χ1) is 7.00. The Bertz CT molecular complexity index is 262. The molecule has 0 aliphatic carbocycles. The average Bonchev–Trinajstić information content (AvgIpc) is 2.15. The van der Waals surface area contributed by atoms with Gasteiger partial charge in [0.15, 0.2) is 0 Å². The monoisotopic (exact) mass is 250 g/mol. The van der Waals surface area contributed by atoms with Crippen molar-refractivity contribution in [3.8, 4) is 0 Å². The summed E-state index contributed by atoms with van der Waals surface area (Å²) in [4.78, 5) is 24.1. The molecule has 6 nitrogen and oxygen atoms in total. The van der Waals surface area contributed by atoms with Crippen LogP contribution in [0.15, 0.2) is 0 Å². The number of piperazine rings is 1. The Kier molecular flexibility index (Phi) is 6.13. The molecular formula is C9H19ClN4O2. The molecular weight excluding hydrogens is 232 g/mol. The molecule has 1 heterocycles. The van der Waals surface area contributed by atoms with Crippen molar-refractivity contribution < 1.29 is 9.59 Å². The second-order valence-electron chi connectivity index (χ2n) is 3.87. The van der Waals surface area contributed by atoms with E-state index in [0.717, 1.165) is 6.54 Å². The molecule has 0 saturated carbocycles. The number of amides is 3. The van der Waals surface area contributed by atoms with Crippen LogP contribution in [0.4, 0.5) is 4.79 Å². The summed E-state index contributed by atoms with van der Waals surface area (Å²) >= 11 is 0. The number of primary amides is 1. The molecule has 0 bridgehead atoms. The van der Waals surface area contributed by atoms with Gasteiger partial charge in [0.1, 0.15) is 6.04 Å². The summed E-state index contributed by atoms with van der Waals surface area (Å²) in [6.45, 7) is 5.79. The van der Waals surface area contributed by atoms with Crippen LogP contribution in [0, 0.1) is 0 Å². The molecule has 2 atom stereocenters. The molecule has 3 amide bonds. The van der Waals surface area contributed by atoms with Crippen LogP contribution in [-0.2, 0) is 4.79 Å². The summed E-state index contributed by atoms with van der Waals surface area (Å²) in [5.41, 5.74) is 4.95. The molecule has 0 radical (unpaired) electrons. The highest BCUT2D eigenvalue weighted by Crippen LogP contribution is 2.01. The van der Waals surface area contributed by atoms with E-state index in [1.165, 1.54) is 0 Å². The molecule has 1 fully saturated rings. The number of nitrogens with one attached hydrogen (secondary N) is 2. The van der Waals surface area contributed by atoms with Crippen LogP contribution >= 0.6 is 12.4 Å². The fourth-order valence-electron chi connectivity index (χ4n) is 1.68. The van der Waals surface area contributed by atoms with Crippen LogP contribution in [0.1, 0.15) is 13.8 Å². The minimum absolute atomic E-state index is 0. The Labute approximate surface area is 101 Å². The number of nitrogens with zero attached hydrogens (tertiary/aromatic N) is 1. The number of carbonyl (C=O) groups excluding carboxylic acids is 2. The molecule has 1 saturated heterocycles. The molecule has 0 aromatic heterocycles. The standard InChI is InChI=1S/C9H18N4O2.ClH/c1-6-5-13(4-3-11-6)8(14)7(2)12-9(10)15;/h6-7,11H,3-5H2,1-2H3,(H3,10,12,15);1H/t6-,7?;/m0./s1. The highest BCUT2D eigenvalue weighted by molar-refractivity contribution is 5.86. The van der Waals surface area contributed by atoms with Gasteiger partial charge in [-0.25, -0.2) is 4.79 Å². The van der Waals surface area contributed by atoms with Crippen molar-refractivity contribution in [1.29, 1.82) is 0 Å². The molecule has 1 aliphatic heterocycles. The van der Waals surface area contributed by atoms with Crippen LogP contribution in [0.3, 0.4) is 0 Å². The van der Waals surface area contributed by atoms with E-state index in [1.807, 2.05) is 6.92 Å². The van der Waals surface area contributed by atoms with Crippen molar-refractivity contribution in [3.05, 3.63) is 0 Å². The highest BCUT2D eigenvalue weighted by Gasteiger charge is 2.24. The summed E-state index contributed by atoms with van der Waals surface area (Å²) in [5.74, 6) is -0.0813. The van der Waals surface area contributed by atoms with Crippen LogP contribution in [0.5, 0.6) is 0 Å². The summed E-state index contributed by atoms with van der Waals surface area (Å²) in [6.07, 6.45) is 0. The van der Waals surface area contributed by atoms with E-state index in [4.69, 9.17) is 5.73 Å². The fraction of sp³-hybridized carbons (Fsp3) is 0.778. The first kappa shape index (κ1) is 15.0. The van der Waals surface area contributed by atoms with Gasteiger partial charge in [-0.3, -0.25) is 4.79 Å². The molecule has 1 rings (SSSR count). The van der Waals surface area contributed by atoms with Crippen LogP contribution < -0.4 is 16.4 Å². The predicted molar refractivity (Wildman–Crippen MR) is 63.5 cm³/mol. The molecule has 4 N–H and O–H groups in total. The normalized spacial score (nSPS) is 21.9. The number of carbonyl (C=O) groups is 2. The van der Waals surface area contributed by atoms with Crippen LogP contribution in [0.25, 0.3) is 0 Å². The Morgan fingerprint density at radius 3 is 2.69 bits per heavy atom. The Balaban J connectivity index is 0.00000225. The topological polar surface area (TPSA) is 87.5 Å². The smallest absolute Gasteiger partial charge is 0.312 e. The van der Waals surface area contributed by atoms with E-state index in [2.05, 4.69) is 10.6 Å². The van der Waals surface area contributed by atoms with Crippen LogP contribution in [-0.4, -0.2) is 48.6 Å². The third-order valence-corrected chi connectivity index (χ3v) is 2.41. The lowest BCUT2D eigenvalue weighted by Gasteiger charge is -2.33. The van der Waals surface area contributed by atoms with Gasteiger partial charge in [-0.1, -0.05) is 0 Å². The zero-order valence-corrected chi connectivity index (χ0v) is 10.3. The lowest BCUT2D eigenvalue weighted by atomic mass is 10.2. The Morgan fingerprint density at radius 1 is 1.56 bits per heavy atom. The van der Waals surface area contributed by atoms with Gasteiger partial charge in [0.25, 0.3) is 0 Å². The molecule has 1 aliphatic rings. The number of rotatable bonds is 2. The quantitative estimate of drug-likeness (QED) is 0.605. The second kappa shape index (κ2) is 6.55. The van der Waals surface area contributed by atoms with Crippen molar-refractivity contribution in [2.45, 2.75) is 25.9 Å². The van der Waals surface area contributed by atoms with E-state index in [0.29, 0.717) is 19.1 Å². The zero-order valence-electron chi connectivity index (χ0n) is 9.53. The summed E-state index contributed by atoms with van der Waals surface area (Å²) < 4.78 is 0. The Hall–Kier alpha value is -1.01. The van der Waals surface area contributed by atoms with Crippen molar-refractivity contribution in [2.24, 2.45) is 5.73 Å². The maximum atomic E-state index is 11.8. The molecule has 94 valence electrons. The minimum Gasteiger partial charge on any atom is -0.352 e. The molecule has 0 aromatic carbocycles. The average molecular weight is 251 g/mol. The predicted octanol–water partition coefficient (Wildman–Crippen LogP) is -0.715. The number of hydrogen-bond donors (Lipinski definition) is 3. The number of nitrogens with two attached hydrogens (primary N) is 1. The third-order valence-electron chi connectivity index (χ3n) is 2.41. The van der Waals surface area contributed by atoms with Crippen molar-refractivity contribution in [3.63, 3.8) is 0 Å². The van der Waals surface area contributed by atoms with Gasteiger partial charge in [-0.05, 0) is 13.8 Å². The van der Waals surface area contributed by atoms with E-state index in [-0.39, 0.29) is 18.3 Å². The summed E-state index contributed by atoms with van der Waals surface area (Å²) in [7, 11) is 0. The van der Waals surface area contributed by atoms with Crippen molar-refractivity contribution in [2.75, 3.05) is 19.6 Å². The zero-order chi connectivity index (χ0) is 11.4. The van der Waals surface area contributed by atoms with E-state index in [1.54, 1.807) is 11.8 Å². The van der Waals surface area contributed by atoms with Crippen LogP contribution in [0.2, 0.25) is 0 Å². The molecule has 1 unspecified atom stereocenters. The SMILES string of the molecule is CC(NC(N)=O)C(=O)N1CCN[C@@H](C)C1.Cl. The van der Waals surface area contributed by atoms with Gasteiger partial charge in [-0.15, -0.1) is 12.4 Å². The lowest BCUT2D eigenvalue weighted by molar-refractivity contribution is -0.133. The lowest BCUT2D eigenvalue weighted by Crippen LogP contribution is -2.56. The first-order valence-electron chi connectivity index (χ1n) is 5.09.